The molecule has 2 aromatic rings. The standard InChI is InChI=1S/C14H14F2N4/c1-20-5-4-19-14(20)2-3-18-9-11-12(15)6-10(8-17)7-13(11)16/h4-7,18H,2-3,9H2,1H3. The number of imidazole rings is 1. The lowest BCUT2D eigenvalue weighted by Gasteiger charge is -2.08. The Hall–Kier alpha value is -2.26. The molecular formula is C14H14F2N4. The van der Waals surface area contributed by atoms with Crippen molar-refractivity contribution in [2.24, 2.45) is 7.05 Å². The first-order valence-corrected chi connectivity index (χ1v) is 6.16. The molecule has 2 rings (SSSR count). The van der Waals surface area contributed by atoms with Crippen LogP contribution in [-0.2, 0) is 20.0 Å². The zero-order valence-corrected chi connectivity index (χ0v) is 11.0. The lowest BCUT2D eigenvalue weighted by molar-refractivity contribution is 0.533. The van der Waals surface area contributed by atoms with E-state index in [-0.39, 0.29) is 17.7 Å². The minimum absolute atomic E-state index is 0.0169. The van der Waals surface area contributed by atoms with Crippen LogP contribution in [0.5, 0.6) is 0 Å². The summed E-state index contributed by atoms with van der Waals surface area (Å²) >= 11 is 0. The highest BCUT2D eigenvalue weighted by Gasteiger charge is 2.10. The third-order valence-electron chi connectivity index (χ3n) is 3.02. The summed E-state index contributed by atoms with van der Waals surface area (Å²) in [5.74, 6) is -0.504. The maximum atomic E-state index is 13.6. The van der Waals surface area contributed by atoms with Crippen LogP contribution in [0, 0.1) is 23.0 Å². The molecular weight excluding hydrogens is 262 g/mol. The van der Waals surface area contributed by atoms with Crippen molar-refractivity contribution in [3.63, 3.8) is 0 Å². The lowest BCUT2D eigenvalue weighted by Crippen LogP contribution is -2.19. The summed E-state index contributed by atoms with van der Waals surface area (Å²) in [6.07, 6.45) is 4.22. The van der Waals surface area contributed by atoms with Crippen molar-refractivity contribution >= 4 is 0 Å². The van der Waals surface area contributed by atoms with Gasteiger partial charge in [0.05, 0.1) is 11.6 Å². The first-order valence-electron chi connectivity index (χ1n) is 6.16. The number of hydrogen-bond donors (Lipinski definition) is 1. The number of halogens is 2. The van der Waals surface area contributed by atoms with E-state index >= 15 is 0 Å². The fraction of sp³-hybridized carbons (Fsp3) is 0.286. The molecule has 0 bridgehead atoms. The molecule has 0 atom stereocenters. The first kappa shape index (κ1) is 14.2. The van der Waals surface area contributed by atoms with Crippen LogP contribution < -0.4 is 5.32 Å². The third-order valence-corrected chi connectivity index (χ3v) is 3.02. The number of aryl methyl sites for hydroxylation is 1. The molecule has 1 N–H and O–H groups in total. The van der Waals surface area contributed by atoms with Gasteiger partial charge in [-0.3, -0.25) is 0 Å². The summed E-state index contributed by atoms with van der Waals surface area (Å²) in [6, 6.07) is 3.80. The highest BCUT2D eigenvalue weighted by Crippen LogP contribution is 2.14. The molecule has 1 heterocycles. The van der Waals surface area contributed by atoms with Gasteiger partial charge in [0.15, 0.2) is 0 Å². The van der Waals surface area contributed by atoms with Gasteiger partial charge in [0, 0.05) is 44.5 Å². The minimum Gasteiger partial charge on any atom is -0.338 e. The van der Waals surface area contributed by atoms with Gasteiger partial charge in [-0.05, 0) is 12.1 Å². The van der Waals surface area contributed by atoms with Crippen LogP contribution in [0.3, 0.4) is 0 Å². The monoisotopic (exact) mass is 276 g/mol. The van der Waals surface area contributed by atoms with Crippen LogP contribution in [0.25, 0.3) is 0 Å². The van der Waals surface area contributed by atoms with Crippen LogP contribution in [0.1, 0.15) is 17.0 Å². The van der Waals surface area contributed by atoms with Gasteiger partial charge in [0.1, 0.15) is 17.5 Å². The maximum Gasteiger partial charge on any atom is 0.131 e. The molecule has 0 saturated carbocycles. The summed E-state index contributed by atoms with van der Waals surface area (Å²) in [4.78, 5) is 4.16. The number of nitrogens with zero attached hydrogens (tertiary/aromatic N) is 3. The molecule has 4 nitrogen and oxygen atoms in total. The number of nitrogens with one attached hydrogen (secondary N) is 1. The van der Waals surface area contributed by atoms with Gasteiger partial charge in [-0.25, -0.2) is 13.8 Å². The third kappa shape index (κ3) is 3.19. The Labute approximate surface area is 115 Å². The molecule has 0 spiro atoms. The summed E-state index contributed by atoms with van der Waals surface area (Å²) in [6.45, 7) is 0.636. The Bertz CT molecular complexity index is 620. The van der Waals surface area contributed by atoms with Crippen molar-refractivity contribution in [1.82, 2.24) is 14.9 Å². The second-order valence-electron chi connectivity index (χ2n) is 4.41. The average molecular weight is 276 g/mol. The molecule has 1 aromatic carbocycles. The SMILES string of the molecule is Cn1ccnc1CCNCc1c(F)cc(C#N)cc1F. The van der Waals surface area contributed by atoms with E-state index in [9.17, 15) is 8.78 Å². The Morgan fingerprint density at radius 3 is 2.60 bits per heavy atom. The Balaban J connectivity index is 1.92. The average Bonchev–Trinajstić information content (AvgIpc) is 2.82. The molecule has 0 amide bonds. The Kier molecular flexibility index (Phi) is 4.43. The normalized spacial score (nSPS) is 10.5. The van der Waals surface area contributed by atoms with E-state index in [0.29, 0.717) is 13.0 Å². The first-order chi connectivity index (χ1) is 9.61. The van der Waals surface area contributed by atoms with Crippen LogP contribution in [0.4, 0.5) is 8.78 Å². The quantitative estimate of drug-likeness (QED) is 0.849. The Morgan fingerprint density at radius 2 is 2.05 bits per heavy atom. The summed E-state index contributed by atoms with van der Waals surface area (Å²) in [5.41, 5.74) is -0.0689. The van der Waals surface area contributed by atoms with Crippen molar-refractivity contribution in [1.29, 1.82) is 5.26 Å². The van der Waals surface area contributed by atoms with Crippen LogP contribution in [0.2, 0.25) is 0 Å². The lowest BCUT2D eigenvalue weighted by atomic mass is 10.1. The summed E-state index contributed by atoms with van der Waals surface area (Å²) < 4.78 is 29.1. The molecule has 0 aliphatic heterocycles. The molecule has 0 saturated heterocycles. The van der Waals surface area contributed by atoms with E-state index in [1.807, 2.05) is 17.8 Å². The van der Waals surface area contributed by atoms with Gasteiger partial charge in [0.25, 0.3) is 0 Å². The maximum absolute atomic E-state index is 13.6. The predicted octanol–water partition coefficient (Wildman–Crippen LogP) is 1.90. The second kappa shape index (κ2) is 6.26. The number of aromatic nitrogens is 2. The van der Waals surface area contributed by atoms with Gasteiger partial charge in [-0.15, -0.1) is 0 Å². The van der Waals surface area contributed by atoms with Crippen molar-refractivity contribution < 1.29 is 8.78 Å². The van der Waals surface area contributed by atoms with Gasteiger partial charge in [-0.1, -0.05) is 0 Å². The summed E-state index contributed by atoms with van der Waals surface area (Å²) in [5, 5.41) is 11.6. The van der Waals surface area contributed by atoms with Crippen LogP contribution >= 0.6 is 0 Å². The fourth-order valence-corrected chi connectivity index (χ4v) is 1.89. The number of rotatable bonds is 5. The van der Waals surface area contributed by atoms with Crippen molar-refractivity contribution in [3.05, 3.63) is 53.1 Å². The molecule has 1 aromatic heterocycles. The largest absolute Gasteiger partial charge is 0.338 e. The molecule has 0 radical (unpaired) electrons. The van der Waals surface area contributed by atoms with Crippen molar-refractivity contribution in [2.45, 2.75) is 13.0 Å². The van der Waals surface area contributed by atoms with Crippen molar-refractivity contribution in [2.75, 3.05) is 6.54 Å². The number of hydrogen-bond acceptors (Lipinski definition) is 3. The molecule has 0 fully saturated rings. The topological polar surface area (TPSA) is 53.6 Å². The Morgan fingerprint density at radius 1 is 1.35 bits per heavy atom. The molecule has 6 heteroatoms. The van der Waals surface area contributed by atoms with E-state index in [1.54, 1.807) is 12.3 Å². The highest BCUT2D eigenvalue weighted by atomic mass is 19.1. The van der Waals surface area contributed by atoms with E-state index in [1.165, 1.54) is 0 Å². The molecule has 0 aliphatic rings. The van der Waals surface area contributed by atoms with Gasteiger partial charge in [0.2, 0.25) is 0 Å². The van der Waals surface area contributed by atoms with Gasteiger partial charge in [-0.2, -0.15) is 5.26 Å². The number of nitriles is 1. The zero-order chi connectivity index (χ0) is 14.5. The molecule has 0 aliphatic carbocycles. The number of benzene rings is 1. The molecule has 104 valence electrons. The van der Waals surface area contributed by atoms with Crippen LogP contribution in [0.15, 0.2) is 24.5 Å². The fourth-order valence-electron chi connectivity index (χ4n) is 1.89. The summed E-state index contributed by atoms with van der Waals surface area (Å²) in [7, 11) is 1.89. The molecule has 20 heavy (non-hydrogen) atoms. The van der Waals surface area contributed by atoms with Gasteiger partial charge < -0.3 is 9.88 Å². The van der Waals surface area contributed by atoms with Crippen LogP contribution in [-0.4, -0.2) is 16.1 Å². The van der Waals surface area contributed by atoms with E-state index < -0.39 is 11.6 Å². The smallest absolute Gasteiger partial charge is 0.131 e. The zero-order valence-electron chi connectivity index (χ0n) is 11.0. The van der Waals surface area contributed by atoms with E-state index in [2.05, 4.69) is 10.3 Å². The minimum atomic E-state index is -0.703. The predicted molar refractivity (Wildman–Crippen MR) is 69.7 cm³/mol. The highest BCUT2D eigenvalue weighted by molar-refractivity contribution is 5.34. The van der Waals surface area contributed by atoms with Gasteiger partial charge >= 0.3 is 0 Å². The van der Waals surface area contributed by atoms with E-state index in [4.69, 9.17) is 5.26 Å². The van der Waals surface area contributed by atoms with Crippen molar-refractivity contribution in [3.8, 4) is 6.07 Å². The second-order valence-corrected chi connectivity index (χ2v) is 4.41. The van der Waals surface area contributed by atoms with E-state index in [0.717, 1.165) is 18.0 Å². The molecule has 0 unspecified atom stereocenters.